The van der Waals surface area contributed by atoms with Gasteiger partial charge in [0.05, 0.1) is 11.5 Å². The lowest BCUT2D eigenvalue weighted by molar-refractivity contribution is -0.384. The number of nitrogen functional groups attached to an aromatic ring is 1. The Morgan fingerprint density at radius 1 is 1.40 bits per heavy atom. The number of aromatic nitrogens is 3. The SMILES string of the molecule is Nc1c(CN2CCn3cnnc3C2)cccc1[N+](=O)[O-]. The van der Waals surface area contributed by atoms with Crippen LogP contribution in [0.4, 0.5) is 11.4 Å². The van der Waals surface area contributed by atoms with Crippen LogP contribution < -0.4 is 5.73 Å². The molecular formula is C12H14N6O2. The van der Waals surface area contributed by atoms with Gasteiger partial charge in [0.15, 0.2) is 0 Å². The molecule has 0 saturated heterocycles. The third-order valence-corrected chi connectivity index (χ3v) is 3.48. The fourth-order valence-corrected chi connectivity index (χ4v) is 2.39. The number of fused-ring (bicyclic) bond motifs is 1. The Bertz CT molecular complexity index is 653. The molecule has 3 rings (SSSR count). The van der Waals surface area contributed by atoms with Crippen molar-refractivity contribution in [3.8, 4) is 0 Å². The monoisotopic (exact) mass is 274 g/mol. The number of nitrogens with two attached hydrogens (primary N) is 1. The molecule has 8 nitrogen and oxygen atoms in total. The van der Waals surface area contributed by atoms with E-state index >= 15 is 0 Å². The third kappa shape index (κ3) is 2.21. The van der Waals surface area contributed by atoms with Crippen LogP contribution in [0.25, 0.3) is 0 Å². The highest BCUT2D eigenvalue weighted by Crippen LogP contribution is 2.26. The van der Waals surface area contributed by atoms with Gasteiger partial charge in [0.25, 0.3) is 5.69 Å². The topological polar surface area (TPSA) is 103 Å². The summed E-state index contributed by atoms with van der Waals surface area (Å²) in [5, 5.41) is 18.8. The minimum absolute atomic E-state index is 0.0392. The van der Waals surface area contributed by atoms with E-state index in [4.69, 9.17) is 5.73 Å². The Morgan fingerprint density at radius 2 is 2.25 bits per heavy atom. The van der Waals surface area contributed by atoms with Gasteiger partial charge in [-0.15, -0.1) is 10.2 Å². The summed E-state index contributed by atoms with van der Waals surface area (Å²) >= 11 is 0. The smallest absolute Gasteiger partial charge is 0.292 e. The Kier molecular flexibility index (Phi) is 3.07. The number of hydrogen-bond donors (Lipinski definition) is 1. The fourth-order valence-electron chi connectivity index (χ4n) is 2.39. The quantitative estimate of drug-likeness (QED) is 0.504. The van der Waals surface area contributed by atoms with E-state index in [1.165, 1.54) is 6.07 Å². The highest BCUT2D eigenvalue weighted by molar-refractivity contribution is 5.62. The van der Waals surface area contributed by atoms with Crippen molar-refractivity contribution in [3.05, 3.63) is 46.0 Å². The minimum Gasteiger partial charge on any atom is -0.393 e. The molecule has 0 amide bonds. The van der Waals surface area contributed by atoms with Crippen LogP contribution in [0.2, 0.25) is 0 Å². The van der Waals surface area contributed by atoms with Gasteiger partial charge in [-0.25, -0.2) is 0 Å². The molecular weight excluding hydrogens is 260 g/mol. The lowest BCUT2D eigenvalue weighted by Gasteiger charge is -2.27. The first-order chi connectivity index (χ1) is 9.65. The molecule has 0 spiro atoms. The molecule has 0 saturated carbocycles. The zero-order valence-electron chi connectivity index (χ0n) is 10.8. The Balaban J connectivity index is 1.79. The summed E-state index contributed by atoms with van der Waals surface area (Å²) in [5.74, 6) is 0.903. The molecule has 8 heteroatoms. The summed E-state index contributed by atoms with van der Waals surface area (Å²) < 4.78 is 2.01. The number of nitro groups is 1. The number of nitrogens with zero attached hydrogens (tertiary/aromatic N) is 5. The van der Waals surface area contributed by atoms with Crippen molar-refractivity contribution in [2.45, 2.75) is 19.6 Å². The Labute approximate surface area is 115 Å². The number of nitro benzene ring substituents is 1. The van der Waals surface area contributed by atoms with E-state index in [-0.39, 0.29) is 11.4 Å². The molecule has 2 aromatic rings. The molecule has 104 valence electrons. The van der Waals surface area contributed by atoms with E-state index in [0.717, 1.165) is 24.5 Å². The highest BCUT2D eigenvalue weighted by atomic mass is 16.6. The maximum atomic E-state index is 10.9. The van der Waals surface area contributed by atoms with Crippen molar-refractivity contribution in [1.82, 2.24) is 19.7 Å². The normalized spacial score (nSPS) is 15.0. The lowest BCUT2D eigenvalue weighted by Crippen LogP contribution is -2.33. The summed E-state index contributed by atoms with van der Waals surface area (Å²) in [4.78, 5) is 12.6. The molecule has 0 atom stereocenters. The third-order valence-electron chi connectivity index (χ3n) is 3.48. The predicted octanol–water partition coefficient (Wildman–Crippen LogP) is 0.784. The summed E-state index contributed by atoms with van der Waals surface area (Å²) in [7, 11) is 0. The molecule has 0 fully saturated rings. The number of anilines is 1. The zero-order valence-corrected chi connectivity index (χ0v) is 10.8. The number of hydrogen-bond acceptors (Lipinski definition) is 6. The van der Waals surface area contributed by atoms with Gasteiger partial charge < -0.3 is 10.3 Å². The lowest BCUT2D eigenvalue weighted by atomic mass is 10.1. The van der Waals surface area contributed by atoms with Gasteiger partial charge in [0.2, 0.25) is 0 Å². The molecule has 1 aromatic carbocycles. The van der Waals surface area contributed by atoms with Crippen LogP contribution in [0, 0.1) is 10.1 Å². The predicted molar refractivity (Wildman–Crippen MR) is 71.6 cm³/mol. The van der Waals surface area contributed by atoms with E-state index in [2.05, 4.69) is 15.1 Å². The average Bonchev–Trinajstić information content (AvgIpc) is 2.88. The van der Waals surface area contributed by atoms with Gasteiger partial charge in [-0.1, -0.05) is 12.1 Å². The standard InChI is InChI=1S/C12H14N6O2/c13-12-9(2-1-3-10(12)18(19)20)6-16-4-5-17-8-14-15-11(17)7-16/h1-3,8H,4-7,13H2. The number of rotatable bonds is 3. The summed E-state index contributed by atoms with van der Waals surface area (Å²) in [6.45, 7) is 2.90. The second-order valence-corrected chi connectivity index (χ2v) is 4.76. The zero-order chi connectivity index (χ0) is 14.1. The minimum atomic E-state index is -0.453. The maximum Gasteiger partial charge on any atom is 0.292 e. The second-order valence-electron chi connectivity index (χ2n) is 4.76. The maximum absolute atomic E-state index is 10.9. The van der Waals surface area contributed by atoms with Crippen LogP contribution >= 0.6 is 0 Å². The van der Waals surface area contributed by atoms with E-state index in [1.54, 1.807) is 12.4 Å². The van der Waals surface area contributed by atoms with Crippen LogP contribution in [0.3, 0.4) is 0 Å². The van der Waals surface area contributed by atoms with Crippen LogP contribution in [0.15, 0.2) is 24.5 Å². The molecule has 1 aromatic heterocycles. The van der Waals surface area contributed by atoms with E-state index in [0.29, 0.717) is 13.1 Å². The van der Waals surface area contributed by atoms with Gasteiger partial charge >= 0.3 is 0 Å². The molecule has 2 heterocycles. The van der Waals surface area contributed by atoms with E-state index in [1.807, 2.05) is 10.6 Å². The van der Waals surface area contributed by atoms with Crippen LogP contribution in [0.5, 0.6) is 0 Å². The first kappa shape index (κ1) is 12.5. The molecule has 0 radical (unpaired) electrons. The number of benzene rings is 1. The second kappa shape index (κ2) is 4.89. The molecule has 1 aliphatic heterocycles. The molecule has 0 bridgehead atoms. The largest absolute Gasteiger partial charge is 0.393 e. The molecule has 2 N–H and O–H groups in total. The molecule has 20 heavy (non-hydrogen) atoms. The fraction of sp³-hybridized carbons (Fsp3) is 0.333. The van der Waals surface area contributed by atoms with Crippen molar-refractivity contribution in [3.63, 3.8) is 0 Å². The van der Waals surface area contributed by atoms with Crippen molar-refractivity contribution in [2.75, 3.05) is 12.3 Å². The van der Waals surface area contributed by atoms with Crippen LogP contribution in [0.1, 0.15) is 11.4 Å². The van der Waals surface area contributed by atoms with Crippen LogP contribution in [-0.4, -0.2) is 31.1 Å². The highest BCUT2D eigenvalue weighted by Gasteiger charge is 2.20. The van der Waals surface area contributed by atoms with Crippen molar-refractivity contribution < 1.29 is 4.92 Å². The molecule has 0 unspecified atom stereocenters. The molecule has 0 aliphatic carbocycles. The summed E-state index contributed by atoms with van der Waals surface area (Å²) in [6.07, 6.45) is 1.72. The Hall–Kier alpha value is -2.48. The van der Waals surface area contributed by atoms with Gasteiger partial charge in [-0.3, -0.25) is 15.0 Å². The number of para-hydroxylation sites is 1. The van der Waals surface area contributed by atoms with Crippen LogP contribution in [-0.2, 0) is 19.6 Å². The first-order valence-corrected chi connectivity index (χ1v) is 6.26. The van der Waals surface area contributed by atoms with E-state index in [9.17, 15) is 10.1 Å². The van der Waals surface area contributed by atoms with Gasteiger partial charge in [-0.2, -0.15) is 0 Å². The molecule has 1 aliphatic rings. The van der Waals surface area contributed by atoms with Gasteiger partial charge in [-0.05, 0) is 5.56 Å². The van der Waals surface area contributed by atoms with Gasteiger partial charge in [0.1, 0.15) is 17.8 Å². The average molecular weight is 274 g/mol. The summed E-state index contributed by atoms with van der Waals surface area (Å²) in [5.41, 5.74) is 6.85. The van der Waals surface area contributed by atoms with Crippen molar-refractivity contribution >= 4 is 11.4 Å². The summed E-state index contributed by atoms with van der Waals surface area (Å²) in [6, 6.07) is 4.91. The van der Waals surface area contributed by atoms with Crippen molar-refractivity contribution in [1.29, 1.82) is 0 Å². The Morgan fingerprint density at radius 3 is 3.05 bits per heavy atom. The van der Waals surface area contributed by atoms with Gasteiger partial charge in [0, 0.05) is 25.7 Å². The van der Waals surface area contributed by atoms with Crippen molar-refractivity contribution in [2.24, 2.45) is 0 Å². The van der Waals surface area contributed by atoms with E-state index < -0.39 is 4.92 Å². The first-order valence-electron chi connectivity index (χ1n) is 6.26.